The van der Waals surface area contributed by atoms with Crippen LogP contribution in [0.2, 0.25) is 0 Å². The molecule has 6 heteroatoms. The molecule has 0 amide bonds. The van der Waals surface area contributed by atoms with Crippen LogP contribution in [0.1, 0.15) is 38.5 Å². The molecule has 5 nitrogen and oxygen atoms in total. The van der Waals surface area contributed by atoms with Crippen LogP contribution in [0, 0.1) is 11.8 Å². The minimum absolute atomic E-state index is 0.0780. The van der Waals surface area contributed by atoms with Crippen LogP contribution in [0.25, 0.3) is 0 Å². The minimum atomic E-state index is -3.34. The van der Waals surface area contributed by atoms with Gasteiger partial charge in [0.05, 0.1) is 0 Å². The Balaban J connectivity index is 1.84. The van der Waals surface area contributed by atoms with Crippen LogP contribution >= 0.6 is 0 Å². The summed E-state index contributed by atoms with van der Waals surface area (Å²) in [6, 6.07) is 0. The van der Waals surface area contributed by atoms with Crippen molar-refractivity contribution < 1.29 is 13.5 Å². The summed E-state index contributed by atoms with van der Waals surface area (Å²) in [7, 11) is -3.34. The van der Waals surface area contributed by atoms with Gasteiger partial charge in [-0.25, -0.2) is 4.72 Å². The SMILES string of the molecule is O=S(=O)(NCC1CCCC1)N1CCCC(CO)C1. The first-order chi connectivity index (χ1) is 8.62. The summed E-state index contributed by atoms with van der Waals surface area (Å²) < 4.78 is 28.5. The molecular weight excluding hydrogens is 252 g/mol. The molecule has 2 rings (SSSR count). The Morgan fingerprint density at radius 1 is 1.11 bits per heavy atom. The molecule has 2 aliphatic rings. The highest BCUT2D eigenvalue weighted by Crippen LogP contribution is 2.24. The van der Waals surface area contributed by atoms with Gasteiger partial charge in [0, 0.05) is 26.2 Å². The van der Waals surface area contributed by atoms with Gasteiger partial charge < -0.3 is 5.11 Å². The van der Waals surface area contributed by atoms with Gasteiger partial charge in [0.25, 0.3) is 10.2 Å². The molecule has 2 fully saturated rings. The molecule has 2 N–H and O–H groups in total. The van der Waals surface area contributed by atoms with E-state index in [9.17, 15) is 8.42 Å². The van der Waals surface area contributed by atoms with E-state index in [4.69, 9.17) is 5.11 Å². The van der Waals surface area contributed by atoms with Gasteiger partial charge in [0.1, 0.15) is 0 Å². The summed E-state index contributed by atoms with van der Waals surface area (Å²) in [5.74, 6) is 0.611. The van der Waals surface area contributed by atoms with E-state index in [2.05, 4.69) is 4.72 Å². The molecule has 1 saturated heterocycles. The number of aliphatic hydroxyl groups excluding tert-OH is 1. The monoisotopic (exact) mass is 276 g/mol. The van der Waals surface area contributed by atoms with Crippen molar-refractivity contribution in [3.05, 3.63) is 0 Å². The van der Waals surface area contributed by atoms with E-state index in [0.717, 1.165) is 25.7 Å². The summed E-state index contributed by atoms with van der Waals surface area (Å²) >= 11 is 0. The van der Waals surface area contributed by atoms with Gasteiger partial charge in [0.2, 0.25) is 0 Å². The molecular formula is C12H24N2O3S. The second kappa shape index (κ2) is 6.32. The van der Waals surface area contributed by atoms with E-state index >= 15 is 0 Å². The second-order valence-corrected chi connectivity index (χ2v) is 7.31. The summed E-state index contributed by atoms with van der Waals surface area (Å²) in [6.07, 6.45) is 6.50. The number of hydrogen-bond acceptors (Lipinski definition) is 3. The normalized spacial score (nSPS) is 27.7. The third-order valence-corrected chi connectivity index (χ3v) is 5.65. The van der Waals surface area contributed by atoms with Gasteiger partial charge in [-0.1, -0.05) is 12.8 Å². The van der Waals surface area contributed by atoms with Crippen LogP contribution in [0.4, 0.5) is 0 Å². The van der Waals surface area contributed by atoms with Gasteiger partial charge in [0.15, 0.2) is 0 Å². The number of aliphatic hydroxyl groups is 1. The van der Waals surface area contributed by atoms with E-state index < -0.39 is 10.2 Å². The molecule has 106 valence electrons. The largest absolute Gasteiger partial charge is 0.396 e. The minimum Gasteiger partial charge on any atom is -0.396 e. The van der Waals surface area contributed by atoms with Crippen LogP contribution in [-0.4, -0.2) is 44.1 Å². The zero-order chi connectivity index (χ0) is 13.0. The van der Waals surface area contributed by atoms with Crippen molar-refractivity contribution in [1.82, 2.24) is 9.03 Å². The van der Waals surface area contributed by atoms with Crippen molar-refractivity contribution in [2.45, 2.75) is 38.5 Å². The van der Waals surface area contributed by atoms with Gasteiger partial charge in [-0.05, 0) is 37.5 Å². The second-order valence-electron chi connectivity index (χ2n) is 5.55. The predicted molar refractivity (Wildman–Crippen MR) is 70.3 cm³/mol. The molecule has 18 heavy (non-hydrogen) atoms. The van der Waals surface area contributed by atoms with Crippen LogP contribution in [0.5, 0.6) is 0 Å². The van der Waals surface area contributed by atoms with Crippen LogP contribution < -0.4 is 4.72 Å². The van der Waals surface area contributed by atoms with E-state index in [1.165, 1.54) is 17.1 Å². The molecule has 0 aromatic heterocycles. The number of rotatable bonds is 5. The summed E-state index contributed by atoms with van der Waals surface area (Å²) in [6.45, 7) is 1.68. The lowest BCUT2D eigenvalue weighted by molar-refractivity contribution is 0.164. The molecule has 1 saturated carbocycles. The molecule has 1 heterocycles. The number of hydrogen-bond donors (Lipinski definition) is 2. The van der Waals surface area contributed by atoms with Gasteiger partial charge >= 0.3 is 0 Å². The lowest BCUT2D eigenvalue weighted by Gasteiger charge is -2.31. The Hall–Kier alpha value is -0.170. The van der Waals surface area contributed by atoms with Crippen LogP contribution in [-0.2, 0) is 10.2 Å². The molecule has 1 atom stereocenters. The highest BCUT2D eigenvalue weighted by atomic mass is 32.2. The van der Waals surface area contributed by atoms with E-state index in [0.29, 0.717) is 25.6 Å². The van der Waals surface area contributed by atoms with E-state index in [1.807, 2.05) is 0 Å². The third kappa shape index (κ3) is 3.66. The zero-order valence-corrected chi connectivity index (χ0v) is 11.7. The molecule has 0 aromatic carbocycles. The number of piperidine rings is 1. The fourth-order valence-electron chi connectivity index (χ4n) is 2.92. The maximum atomic E-state index is 12.1. The van der Waals surface area contributed by atoms with Gasteiger partial charge in [-0.2, -0.15) is 12.7 Å². The van der Waals surface area contributed by atoms with E-state index in [1.54, 1.807) is 0 Å². The van der Waals surface area contributed by atoms with Crippen molar-refractivity contribution >= 4 is 10.2 Å². The Kier molecular flexibility index (Phi) is 5.00. The van der Waals surface area contributed by atoms with Crippen molar-refractivity contribution in [1.29, 1.82) is 0 Å². The Bertz CT molecular complexity index is 352. The lowest BCUT2D eigenvalue weighted by Crippen LogP contribution is -2.47. The average molecular weight is 276 g/mol. The predicted octanol–water partition coefficient (Wildman–Crippen LogP) is 0.715. The topological polar surface area (TPSA) is 69.6 Å². The fraction of sp³-hybridized carbons (Fsp3) is 1.00. The smallest absolute Gasteiger partial charge is 0.279 e. The summed E-state index contributed by atoms with van der Waals surface area (Å²) in [5, 5.41) is 9.14. The average Bonchev–Trinajstić information content (AvgIpc) is 2.90. The van der Waals surface area contributed by atoms with E-state index in [-0.39, 0.29) is 12.5 Å². The molecule has 0 aromatic rings. The highest BCUT2D eigenvalue weighted by molar-refractivity contribution is 7.87. The first-order valence-corrected chi connectivity index (χ1v) is 8.41. The molecule has 0 bridgehead atoms. The third-order valence-electron chi connectivity index (χ3n) is 4.11. The van der Waals surface area contributed by atoms with Crippen molar-refractivity contribution in [3.63, 3.8) is 0 Å². The first kappa shape index (κ1) is 14.2. The van der Waals surface area contributed by atoms with Crippen molar-refractivity contribution in [2.75, 3.05) is 26.2 Å². The maximum absolute atomic E-state index is 12.1. The lowest BCUT2D eigenvalue weighted by atomic mass is 10.0. The quantitative estimate of drug-likeness (QED) is 0.777. The molecule has 0 radical (unpaired) electrons. The van der Waals surface area contributed by atoms with Crippen molar-refractivity contribution in [3.8, 4) is 0 Å². The Morgan fingerprint density at radius 2 is 1.78 bits per heavy atom. The molecule has 1 unspecified atom stereocenters. The molecule has 1 aliphatic heterocycles. The highest BCUT2D eigenvalue weighted by Gasteiger charge is 2.29. The first-order valence-electron chi connectivity index (χ1n) is 6.97. The van der Waals surface area contributed by atoms with Crippen molar-refractivity contribution in [2.24, 2.45) is 11.8 Å². The molecule has 0 spiro atoms. The van der Waals surface area contributed by atoms with Crippen LogP contribution in [0.15, 0.2) is 0 Å². The Morgan fingerprint density at radius 3 is 2.44 bits per heavy atom. The molecule has 1 aliphatic carbocycles. The van der Waals surface area contributed by atoms with Gasteiger partial charge in [-0.3, -0.25) is 0 Å². The summed E-state index contributed by atoms with van der Waals surface area (Å²) in [4.78, 5) is 0. The summed E-state index contributed by atoms with van der Waals surface area (Å²) in [5.41, 5.74) is 0. The Labute approximate surface area is 110 Å². The number of nitrogens with zero attached hydrogens (tertiary/aromatic N) is 1. The fourth-order valence-corrected chi connectivity index (χ4v) is 4.33. The zero-order valence-electron chi connectivity index (χ0n) is 10.8. The maximum Gasteiger partial charge on any atom is 0.279 e. The standard InChI is InChI=1S/C12H24N2O3S/c15-10-12-6-3-7-14(9-12)18(16,17)13-8-11-4-1-2-5-11/h11-13,15H,1-10H2. The number of nitrogens with one attached hydrogen (secondary N) is 1. The van der Waals surface area contributed by atoms with Gasteiger partial charge in [-0.15, -0.1) is 0 Å². The van der Waals surface area contributed by atoms with Crippen LogP contribution in [0.3, 0.4) is 0 Å².